The van der Waals surface area contributed by atoms with Crippen molar-refractivity contribution >= 4 is 29.0 Å². The minimum atomic E-state index is -0.462. The Bertz CT molecular complexity index is 580. The Morgan fingerprint density at radius 3 is 2.81 bits per heavy atom. The van der Waals surface area contributed by atoms with Crippen LogP contribution in [0.2, 0.25) is 0 Å². The highest BCUT2D eigenvalue weighted by Crippen LogP contribution is 2.36. The summed E-state index contributed by atoms with van der Waals surface area (Å²) in [5.41, 5.74) is 2.75. The highest BCUT2D eigenvalue weighted by atomic mass is 35.5. The van der Waals surface area contributed by atoms with Crippen molar-refractivity contribution in [1.82, 2.24) is 0 Å². The fourth-order valence-electron chi connectivity index (χ4n) is 2.90. The van der Waals surface area contributed by atoms with Crippen LogP contribution in [0.1, 0.15) is 48.5 Å². The van der Waals surface area contributed by atoms with E-state index in [0.717, 1.165) is 43.5 Å². The third-order valence-electron chi connectivity index (χ3n) is 4.32. The van der Waals surface area contributed by atoms with Gasteiger partial charge in [0.15, 0.2) is 5.78 Å². The van der Waals surface area contributed by atoms with E-state index in [2.05, 4.69) is 0 Å². The number of carbonyl (C=O) groups is 2. The molecule has 3 nitrogen and oxygen atoms in total. The number of benzene rings is 1. The van der Waals surface area contributed by atoms with Crippen LogP contribution in [0.4, 0.5) is 5.69 Å². The Kier molecular flexibility index (Phi) is 4.03. The SMILES string of the molecule is CCC(Cl)C(=O)c1ccc2c(c1)CCCN2C(=O)C1CC1. The average molecular weight is 306 g/mol. The number of hydrogen-bond acceptors (Lipinski definition) is 2. The molecule has 1 aromatic rings. The van der Waals surface area contributed by atoms with Crippen molar-refractivity contribution in [1.29, 1.82) is 0 Å². The fraction of sp³-hybridized carbons (Fsp3) is 0.529. The van der Waals surface area contributed by atoms with E-state index in [-0.39, 0.29) is 17.6 Å². The van der Waals surface area contributed by atoms with Crippen LogP contribution in [0, 0.1) is 5.92 Å². The van der Waals surface area contributed by atoms with Gasteiger partial charge in [-0.25, -0.2) is 0 Å². The molecule has 0 radical (unpaired) electrons. The summed E-state index contributed by atoms with van der Waals surface area (Å²) in [5, 5.41) is -0.462. The standard InChI is InChI=1S/C17H20ClNO2/c1-2-14(18)16(20)13-7-8-15-12(10-13)4-3-9-19(15)17(21)11-5-6-11/h7-8,10-11,14H,2-6,9H2,1H3. The molecule has 1 fully saturated rings. The third kappa shape index (κ3) is 2.84. The van der Waals surface area contributed by atoms with E-state index in [4.69, 9.17) is 11.6 Å². The number of carbonyl (C=O) groups excluding carboxylic acids is 2. The molecule has 1 amide bonds. The largest absolute Gasteiger partial charge is 0.312 e. The number of Topliss-reactive ketones (excluding diaryl/α,β-unsaturated/α-hetero) is 1. The van der Waals surface area contributed by atoms with Gasteiger partial charge in [0.05, 0.1) is 5.38 Å². The molecule has 1 aliphatic heterocycles. The van der Waals surface area contributed by atoms with Gasteiger partial charge in [0.25, 0.3) is 0 Å². The van der Waals surface area contributed by atoms with E-state index >= 15 is 0 Å². The number of hydrogen-bond donors (Lipinski definition) is 0. The summed E-state index contributed by atoms with van der Waals surface area (Å²) in [6, 6.07) is 5.65. The predicted octanol–water partition coefficient (Wildman–Crippen LogP) is 3.58. The minimum absolute atomic E-state index is 0.0207. The fourth-order valence-corrected chi connectivity index (χ4v) is 3.02. The van der Waals surface area contributed by atoms with E-state index in [1.54, 1.807) is 0 Å². The first-order chi connectivity index (χ1) is 10.1. The lowest BCUT2D eigenvalue weighted by molar-refractivity contribution is -0.119. The summed E-state index contributed by atoms with van der Waals surface area (Å²) in [6.45, 7) is 2.70. The van der Waals surface area contributed by atoms with Gasteiger partial charge in [-0.05, 0) is 55.9 Å². The molecular weight excluding hydrogens is 286 g/mol. The van der Waals surface area contributed by atoms with E-state index < -0.39 is 5.38 Å². The highest BCUT2D eigenvalue weighted by Gasteiger charge is 2.35. The number of alkyl halides is 1. The summed E-state index contributed by atoms with van der Waals surface area (Å²) in [7, 11) is 0. The van der Waals surface area contributed by atoms with E-state index in [9.17, 15) is 9.59 Å². The molecule has 0 bridgehead atoms. The van der Waals surface area contributed by atoms with Crippen LogP contribution < -0.4 is 4.90 Å². The molecule has 2 aliphatic rings. The number of anilines is 1. The van der Waals surface area contributed by atoms with E-state index in [1.807, 2.05) is 30.0 Å². The third-order valence-corrected chi connectivity index (χ3v) is 4.82. The molecule has 112 valence electrons. The molecule has 0 spiro atoms. The molecule has 4 heteroatoms. The number of amides is 1. The average Bonchev–Trinajstić information content (AvgIpc) is 3.36. The number of halogens is 1. The smallest absolute Gasteiger partial charge is 0.230 e. The molecule has 1 saturated carbocycles. The second kappa shape index (κ2) is 5.80. The quantitative estimate of drug-likeness (QED) is 0.630. The maximum atomic E-state index is 12.3. The van der Waals surface area contributed by atoms with Crippen molar-refractivity contribution in [3.05, 3.63) is 29.3 Å². The van der Waals surface area contributed by atoms with Gasteiger partial charge in [-0.3, -0.25) is 9.59 Å². The lowest BCUT2D eigenvalue weighted by atomic mass is 9.96. The van der Waals surface area contributed by atoms with Crippen LogP contribution in [0.15, 0.2) is 18.2 Å². The summed E-state index contributed by atoms with van der Waals surface area (Å²) < 4.78 is 0. The van der Waals surface area contributed by atoms with Crippen molar-refractivity contribution < 1.29 is 9.59 Å². The summed E-state index contributed by atoms with van der Waals surface area (Å²) >= 11 is 6.05. The first-order valence-corrected chi connectivity index (χ1v) is 8.18. The van der Waals surface area contributed by atoms with Crippen LogP contribution in [0.25, 0.3) is 0 Å². The Balaban J connectivity index is 1.88. The molecule has 3 rings (SSSR count). The van der Waals surface area contributed by atoms with Crippen LogP contribution in [-0.4, -0.2) is 23.6 Å². The maximum Gasteiger partial charge on any atom is 0.230 e. The molecule has 1 atom stereocenters. The molecule has 1 aliphatic carbocycles. The summed E-state index contributed by atoms with van der Waals surface area (Å²) in [4.78, 5) is 26.4. The Morgan fingerprint density at radius 2 is 2.14 bits per heavy atom. The van der Waals surface area contributed by atoms with Gasteiger partial charge in [-0.15, -0.1) is 11.6 Å². The lowest BCUT2D eigenvalue weighted by Gasteiger charge is -2.30. The molecular formula is C17H20ClNO2. The highest BCUT2D eigenvalue weighted by molar-refractivity contribution is 6.33. The summed E-state index contributed by atoms with van der Waals surface area (Å²) in [6.07, 6.45) is 4.55. The topological polar surface area (TPSA) is 37.4 Å². The molecule has 1 aromatic carbocycles. The summed E-state index contributed by atoms with van der Waals surface area (Å²) in [5.74, 6) is 0.455. The first-order valence-electron chi connectivity index (χ1n) is 7.74. The normalized spacial score (nSPS) is 19.0. The van der Waals surface area contributed by atoms with Gasteiger partial charge >= 0.3 is 0 Å². The predicted molar refractivity (Wildman–Crippen MR) is 84.1 cm³/mol. The van der Waals surface area contributed by atoms with Crippen LogP contribution in [0.3, 0.4) is 0 Å². The number of ketones is 1. The number of fused-ring (bicyclic) bond motifs is 1. The number of nitrogens with zero attached hydrogens (tertiary/aromatic N) is 1. The van der Waals surface area contributed by atoms with Crippen molar-refractivity contribution in [2.45, 2.75) is 44.4 Å². The van der Waals surface area contributed by atoms with Gasteiger partial charge in [0, 0.05) is 23.7 Å². The van der Waals surface area contributed by atoms with Crippen molar-refractivity contribution in [2.75, 3.05) is 11.4 Å². The molecule has 21 heavy (non-hydrogen) atoms. The first kappa shape index (κ1) is 14.6. The van der Waals surface area contributed by atoms with Crippen molar-refractivity contribution in [3.8, 4) is 0 Å². The van der Waals surface area contributed by atoms with Gasteiger partial charge in [0.2, 0.25) is 5.91 Å². The van der Waals surface area contributed by atoms with E-state index in [0.29, 0.717) is 12.0 Å². The molecule has 0 N–H and O–H groups in total. The second-order valence-electron chi connectivity index (χ2n) is 5.95. The van der Waals surface area contributed by atoms with Crippen molar-refractivity contribution in [3.63, 3.8) is 0 Å². The van der Waals surface area contributed by atoms with Crippen LogP contribution >= 0.6 is 11.6 Å². The van der Waals surface area contributed by atoms with Crippen LogP contribution in [-0.2, 0) is 11.2 Å². The zero-order valence-corrected chi connectivity index (χ0v) is 13.0. The van der Waals surface area contributed by atoms with Crippen LogP contribution in [0.5, 0.6) is 0 Å². The van der Waals surface area contributed by atoms with Crippen molar-refractivity contribution in [2.24, 2.45) is 5.92 Å². The number of aryl methyl sites for hydroxylation is 1. The lowest BCUT2D eigenvalue weighted by Crippen LogP contribution is -2.36. The van der Waals surface area contributed by atoms with Gasteiger partial charge in [-0.2, -0.15) is 0 Å². The molecule has 0 saturated heterocycles. The Morgan fingerprint density at radius 1 is 1.38 bits per heavy atom. The van der Waals surface area contributed by atoms with Gasteiger partial charge in [-0.1, -0.05) is 6.92 Å². The number of rotatable bonds is 4. The maximum absolute atomic E-state index is 12.3. The minimum Gasteiger partial charge on any atom is -0.312 e. The Hall–Kier alpha value is -1.35. The van der Waals surface area contributed by atoms with E-state index in [1.165, 1.54) is 0 Å². The van der Waals surface area contributed by atoms with Gasteiger partial charge in [0.1, 0.15) is 0 Å². The van der Waals surface area contributed by atoms with Gasteiger partial charge < -0.3 is 4.90 Å². The molecule has 0 aromatic heterocycles. The zero-order chi connectivity index (χ0) is 15.0. The monoisotopic (exact) mass is 305 g/mol. The zero-order valence-electron chi connectivity index (χ0n) is 12.3. The molecule has 1 unspecified atom stereocenters. The second-order valence-corrected chi connectivity index (χ2v) is 6.48. The molecule has 1 heterocycles. The Labute approximate surface area is 130 Å².